The van der Waals surface area contributed by atoms with Crippen LogP contribution in [-0.2, 0) is 9.59 Å². The zero-order valence-corrected chi connectivity index (χ0v) is 18.4. The van der Waals surface area contributed by atoms with E-state index < -0.39 is 0 Å². The summed E-state index contributed by atoms with van der Waals surface area (Å²) in [7, 11) is 1.64. The maximum absolute atomic E-state index is 13.1. The summed E-state index contributed by atoms with van der Waals surface area (Å²) in [5.41, 5.74) is 1.80. The van der Waals surface area contributed by atoms with Gasteiger partial charge in [0.05, 0.1) is 17.5 Å². The van der Waals surface area contributed by atoms with Crippen molar-refractivity contribution >= 4 is 50.1 Å². The Morgan fingerprint density at radius 3 is 2.44 bits per heavy atom. The van der Waals surface area contributed by atoms with Gasteiger partial charge in [-0.2, -0.15) is 0 Å². The molecule has 3 aromatic rings. The van der Waals surface area contributed by atoms with Crippen molar-refractivity contribution in [2.45, 2.75) is 12.8 Å². The summed E-state index contributed by atoms with van der Waals surface area (Å²) in [5.74, 6) is 0.214. The number of ether oxygens (including phenoxy) is 1. The van der Waals surface area contributed by atoms with Gasteiger partial charge in [-0.05, 0) is 30.3 Å². The first-order valence-corrected chi connectivity index (χ1v) is 11.3. The number of imide groups is 1. The molecule has 0 atom stereocenters. The van der Waals surface area contributed by atoms with E-state index in [2.05, 4.69) is 4.90 Å². The molecule has 3 heterocycles. The van der Waals surface area contributed by atoms with Crippen LogP contribution in [0.5, 0.6) is 5.75 Å². The topological polar surface area (TPSA) is 83.0 Å². The molecule has 2 aromatic carbocycles. The predicted molar refractivity (Wildman–Crippen MR) is 122 cm³/mol. The molecular weight excluding hydrogens is 428 g/mol. The van der Waals surface area contributed by atoms with Crippen molar-refractivity contribution in [3.05, 3.63) is 48.0 Å². The number of carbonyl (C=O) groups is 3. The minimum Gasteiger partial charge on any atom is -0.494 e. The van der Waals surface area contributed by atoms with Gasteiger partial charge in [0, 0.05) is 44.6 Å². The number of aromatic nitrogens is 1. The molecule has 0 saturated carbocycles. The average Bonchev–Trinajstić information content (AvgIpc) is 3.41. The third kappa shape index (κ3) is 3.58. The van der Waals surface area contributed by atoms with Crippen LogP contribution in [0.3, 0.4) is 0 Å². The zero-order valence-electron chi connectivity index (χ0n) is 17.6. The van der Waals surface area contributed by atoms with E-state index in [1.165, 1.54) is 4.90 Å². The fraction of sp³-hybridized carbons (Fsp3) is 0.304. The molecule has 8 nitrogen and oxygen atoms in total. The number of amides is 3. The summed E-state index contributed by atoms with van der Waals surface area (Å²) in [6, 6.07) is 12.7. The molecule has 0 radical (unpaired) electrons. The van der Waals surface area contributed by atoms with Gasteiger partial charge in [0.1, 0.15) is 11.3 Å². The number of rotatable bonds is 4. The third-order valence-corrected chi connectivity index (χ3v) is 6.91. The number of fused-ring (bicyclic) bond motifs is 1. The van der Waals surface area contributed by atoms with E-state index in [-0.39, 0.29) is 30.6 Å². The summed E-state index contributed by atoms with van der Waals surface area (Å²) in [6.45, 7) is 2.49. The van der Waals surface area contributed by atoms with Crippen LogP contribution < -0.4 is 14.5 Å². The second-order valence-electron chi connectivity index (χ2n) is 7.76. The van der Waals surface area contributed by atoms with E-state index >= 15 is 0 Å². The van der Waals surface area contributed by atoms with Crippen LogP contribution in [0.2, 0.25) is 0 Å². The van der Waals surface area contributed by atoms with Crippen LogP contribution in [0.1, 0.15) is 23.2 Å². The Hall–Kier alpha value is -3.46. The van der Waals surface area contributed by atoms with E-state index in [1.54, 1.807) is 47.6 Å². The van der Waals surface area contributed by atoms with Crippen LogP contribution in [0.25, 0.3) is 10.2 Å². The van der Waals surface area contributed by atoms with Gasteiger partial charge < -0.3 is 14.5 Å². The SMILES string of the molecule is COc1cccc2sc(N3CCN(C(=O)c4cccc(N5C(=O)CCC5=O)c4)CC3)nc12. The molecule has 164 valence electrons. The standard InChI is InChI=1S/C23H22N4O4S/c1-31-17-6-3-7-18-21(17)24-23(32-18)26-12-10-25(11-13-26)22(30)15-4-2-5-16(14-15)27-19(28)8-9-20(27)29/h2-7,14H,8-13H2,1H3. The third-order valence-electron chi connectivity index (χ3n) is 5.83. The van der Waals surface area contributed by atoms with Crippen molar-refractivity contribution in [3.63, 3.8) is 0 Å². The smallest absolute Gasteiger partial charge is 0.254 e. The van der Waals surface area contributed by atoms with Gasteiger partial charge in [-0.3, -0.25) is 19.3 Å². The molecule has 9 heteroatoms. The number of anilines is 2. The first kappa shape index (κ1) is 20.4. The lowest BCUT2D eigenvalue weighted by Gasteiger charge is -2.34. The van der Waals surface area contributed by atoms with Crippen LogP contribution in [0.15, 0.2) is 42.5 Å². The first-order chi connectivity index (χ1) is 15.5. The molecule has 2 saturated heterocycles. The molecule has 3 amide bonds. The molecule has 2 aliphatic heterocycles. The van der Waals surface area contributed by atoms with Crippen LogP contribution in [0.4, 0.5) is 10.8 Å². The lowest BCUT2D eigenvalue weighted by Crippen LogP contribution is -2.48. The Labute approximate surface area is 189 Å². The van der Waals surface area contributed by atoms with E-state index in [9.17, 15) is 14.4 Å². The number of hydrogen-bond acceptors (Lipinski definition) is 7. The monoisotopic (exact) mass is 450 g/mol. The lowest BCUT2D eigenvalue weighted by atomic mass is 10.1. The zero-order chi connectivity index (χ0) is 22.2. The molecule has 0 spiro atoms. The Balaban J connectivity index is 1.29. The van der Waals surface area contributed by atoms with Crippen molar-refractivity contribution in [2.24, 2.45) is 0 Å². The predicted octanol–water partition coefficient (Wildman–Crippen LogP) is 2.92. The normalized spacial score (nSPS) is 16.8. The first-order valence-electron chi connectivity index (χ1n) is 10.5. The molecule has 0 unspecified atom stereocenters. The highest BCUT2D eigenvalue weighted by Gasteiger charge is 2.31. The summed E-state index contributed by atoms with van der Waals surface area (Å²) in [4.78, 5) is 47.1. The number of carbonyl (C=O) groups excluding carboxylic acids is 3. The van der Waals surface area contributed by atoms with Crippen molar-refractivity contribution in [1.29, 1.82) is 0 Å². The molecule has 0 bridgehead atoms. The second kappa shape index (κ2) is 8.23. The lowest BCUT2D eigenvalue weighted by molar-refractivity contribution is -0.121. The number of thiazole rings is 1. The Morgan fingerprint density at radius 1 is 1.00 bits per heavy atom. The van der Waals surface area contributed by atoms with Gasteiger partial charge in [-0.15, -0.1) is 0 Å². The molecule has 32 heavy (non-hydrogen) atoms. The highest BCUT2D eigenvalue weighted by atomic mass is 32.1. The van der Waals surface area contributed by atoms with Crippen LogP contribution in [0, 0.1) is 0 Å². The minimum absolute atomic E-state index is 0.100. The van der Waals surface area contributed by atoms with Gasteiger partial charge in [0.2, 0.25) is 11.8 Å². The molecular formula is C23H22N4O4S. The fourth-order valence-corrected chi connectivity index (χ4v) is 5.17. The number of hydrogen-bond donors (Lipinski definition) is 0. The van der Waals surface area contributed by atoms with Gasteiger partial charge in [0.15, 0.2) is 5.13 Å². The van der Waals surface area contributed by atoms with E-state index in [1.807, 2.05) is 18.2 Å². The van der Waals surface area contributed by atoms with Gasteiger partial charge >= 0.3 is 0 Å². The van der Waals surface area contributed by atoms with E-state index in [4.69, 9.17) is 9.72 Å². The van der Waals surface area contributed by atoms with E-state index in [0.29, 0.717) is 37.4 Å². The van der Waals surface area contributed by atoms with Gasteiger partial charge in [0.25, 0.3) is 5.91 Å². The Bertz CT molecular complexity index is 1200. The Morgan fingerprint density at radius 2 is 1.72 bits per heavy atom. The largest absolute Gasteiger partial charge is 0.494 e. The van der Waals surface area contributed by atoms with Crippen molar-refractivity contribution in [2.75, 3.05) is 43.1 Å². The number of methoxy groups -OCH3 is 1. The van der Waals surface area contributed by atoms with Crippen molar-refractivity contribution in [3.8, 4) is 5.75 Å². The summed E-state index contributed by atoms with van der Waals surface area (Å²) >= 11 is 1.62. The van der Waals surface area contributed by atoms with Gasteiger partial charge in [-0.1, -0.05) is 23.5 Å². The molecule has 1 aromatic heterocycles. The second-order valence-corrected chi connectivity index (χ2v) is 8.77. The summed E-state index contributed by atoms with van der Waals surface area (Å²) in [5, 5.41) is 0.921. The number of benzene rings is 2. The minimum atomic E-state index is -0.222. The highest BCUT2D eigenvalue weighted by Crippen LogP contribution is 2.34. The van der Waals surface area contributed by atoms with Gasteiger partial charge in [-0.25, -0.2) is 4.98 Å². The number of piperazine rings is 1. The van der Waals surface area contributed by atoms with E-state index in [0.717, 1.165) is 21.1 Å². The molecule has 0 aliphatic carbocycles. The summed E-state index contributed by atoms with van der Waals surface area (Å²) in [6.07, 6.45) is 0.438. The molecule has 0 N–H and O–H groups in total. The number of nitrogens with zero attached hydrogens (tertiary/aromatic N) is 4. The van der Waals surface area contributed by atoms with Crippen molar-refractivity contribution in [1.82, 2.24) is 9.88 Å². The van der Waals surface area contributed by atoms with Crippen LogP contribution in [-0.4, -0.2) is 60.9 Å². The van der Waals surface area contributed by atoms with Crippen molar-refractivity contribution < 1.29 is 19.1 Å². The van der Waals surface area contributed by atoms with Crippen LogP contribution >= 0.6 is 11.3 Å². The fourth-order valence-electron chi connectivity index (χ4n) is 4.14. The molecule has 2 fully saturated rings. The molecule has 2 aliphatic rings. The molecule has 5 rings (SSSR count). The quantitative estimate of drug-likeness (QED) is 0.569. The Kier molecular flexibility index (Phi) is 5.26. The number of para-hydroxylation sites is 1. The average molecular weight is 451 g/mol. The summed E-state index contributed by atoms with van der Waals surface area (Å²) < 4.78 is 6.48. The maximum atomic E-state index is 13.1. The highest BCUT2D eigenvalue weighted by molar-refractivity contribution is 7.22. The maximum Gasteiger partial charge on any atom is 0.254 e.